The van der Waals surface area contributed by atoms with Crippen LogP contribution in [0.1, 0.15) is 12.8 Å². The molecule has 0 aromatic rings. The van der Waals surface area contributed by atoms with Crippen molar-refractivity contribution in [1.82, 2.24) is 10.6 Å². The van der Waals surface area contributed by atoms with Crippen LogP contribution >= 0.6 is 0 Å². The summed E-state index contributed by atoms with van der Waals surface area (Å²) in [7, 11) is 0. The Morgan fingerprint density at radius 3 is 2.41 bits per heavy atom. The molecule has 0 aromatic heterocycles. The Bertz CT molecular complexity index is 365. The molecule has 2 atom stereocenters. The van der Waals surface area contributed by atoms with Gasteiger partial charge < -0.3 is 15.7 Å². The molecule has 0 spiro atoms. The summed E-state index contributed by atoms with van der Waals surface area (Å²) in [6.07, 6.45) is -6.17. The topological polar surface area (TPSA) is 78.4 Å². The van der Waals surface area contributed by atoms with Gasteiger partial charge in [-0.3, -0.25) is 9.59 Å². The van der Waals surface area contributed by atoms with Gasteiger partial charge in [-0.1, -0.05) is 0 Å². The molecule has 2 fully saturated rings. The molecule has 3 N–H and O–H groups in total. The second-order valence-corrected chi connectivity index (χ2v) is 4.36. The Balaban J connectivity index is 2.05. The van der Waals surface area contributed by atoms with Gasteiger partial charge in [0, 0.05) is 6.54 Å². The Morgan fingerprint density at radius 1 is 1.47 bits per heavy atom. The third-order valence-electron chi connectivity index (χ3n) is 3.09. The van der Waals surface area contributed by atoms with Crippen molar-refractivity contribution in [3.63, 3.8) is 0 Å². The van der Waals surface area contributed by atoms with Gasteiger partial charge in [-0.05, 0) is 12.8 Å². The van der Waals surface area contributed by atoms with Crippen molar-refractivity contribution in [3.8, 4) is 0 Å². The third-order valence-corrected chi connectivity index (χ3v) is 3.09. The van der Waals surface area contributed by atoms with E-state index in [0.717, 1.165) is 0 Å². The van der Waals surface area contributed by atoms with Crippen LogP contribution in [0.4, 0.5) is 13.2 Å². The molecule has 2 rings (SSSR count). The maximum atomic E-state index is 12.6. The summed E-state index contributed by atoms with van der Waals surface area (Å²) < 4.78 is 37.7. The number of aliphatic hydroxyl groups is 1. The van der Waals surface area contributed by atoms with Crippen molar-refractivity contribution in [3.05, 3.63) is 0 Å². The molecular formula is C9H11F3N2O3. The highest BCUT2D eigenvalue weighted by Gasteiger charge is 2.65. The molecule has 1 saturated carbocycles. The van der Waals surface area contributed by atoms with E-state index >= 15 is 0 Å². The van der Waals surface area contributed by atoms with Crippen LogP contribution < -0.4 is 10.6 Å². The van der Waals surface area contributed by atoms with E-state index in [9.17, 15) is 27.9 Å². The molecule has 1 aliphatic carbocycles. The van der Waals surface area contributed by atoms with Gasteiger partial charge in [0.25, 0.3) is 0 Å². The maximum absolute atomic E-state index is 12.6. The van der Waals surface area contributed by atoms with Gasteiger partial charge in [-0.15, -0.1) is 0 Å². The van der Waals surface area contributed by atoms with Crippen LogP contribution in [0.25, 0.3) is 0 Å². The normalized spacial score (nSPS) is 30.9. The first-order valence-corrected chi connectivity index (χ1v) is 5.11. The smallest absolute Gasteiger partial charge is 0.390 e. The lowest BCUT2D eigenvalue weighted by Gasteiger charge is -2.22. The average Bonchev–Trinajstić information content (AvgIpc) is 2.88. The monoisotopic (exact) mass is 252 g/mol. The summed E-state index contributed by atoms with van der Waals surface area (Å²) in [5.41, 5.74) is -2.20. The number of alkyl halides is 3. The number of halogens is 3. The first-order chi connectivity index (χ1) is 7.77. The summed E-state index contributed by atoms with van der Waals surface area (Å²) in [5, 5.41) is 13.4. The molecule has 17 heavy (non-hydrogen) atoms. The van der Waals surface area contributed by atoms with E-state index in [0.29, 0.717) is 0 Å². The number of amides is 2. The minimum atomic E-state index is -4.53. The van der Waals surface area contributed by atoms with Crippen LogP contribution in [0.3, 0.4) is 0 Å². The molecule has 2 unspecified atom stereocenters. The van der Waals surface area contributed by atoms with E-state index in [4.69, 9.17) is 0 Å². The van der Waals surface area contributed by atoms with Crippen LogP contribution in [0.5, 0.6) is 0 Å². The van der Waals surface area contributed by atoms with Gasteiger partial charge in [0.2, 0.25) is 11.8 Å². The number of hydrogen-bond donors (Lipinski definition) is 3. The predicted molar refractivity (Wildman–Crippen MR) is 48.7 cm³/mol. The molecule has 2 amide bonds. The second kappa shape index (κ2) is 3.59. The van der Waals surface area contributed by atoms with Crippen molar-refractivity contribution in [2.75, 3.05) is 6.54 Å². The Labute approximate surface area is 94.4 Å². The van der Waals surface area contributed by atoms with Gasteiger partial charge in [0.05, 0.1) is 6.10 Å². The number of carbonyl (C=O) groups is 2. The first-order valence-electron chi connectivity index (χ1n) is 5.11. The van der Waals surface area contributed by atoms with E-state index in [2.05, 4.69) is 5.32 Å². The van der Waals surface area contributed by atoms with Crippen LogP contribution in [0.15, 0.2) is 0 Å². The molecular weight excluding hydrogens is 241 g/mol. The fourth-order valence-corrected chi connectivity index (χ4v) is 1.82. The zero-order valence-electron chi connectivity index (χ0n) is 8.67. The van der Waals surface area contributed by atoms with Gasteiger partial charge in [0.15, 0.2) is 0 Å². The fourth-order valence-electron chi connectivity index (χ4n) is 1.82. The molecule has 1 saturated heterocycles. The Kier molecular flexibility index (Phi) is 2.57. The molecule has 1 heterocycles. The molecule has 0 aromatic carbocycles. The van der Waals surface area contributed by atoms with Crippen molar-refractivity contribution in [2.24, 2.45) is 5.92 Å². The SMILES string of the molecule is O=C1NCC(O)C1C(=O)NC1(C(F)(F)F)CC1. The number of hydrogen-bond acceptors (Lipinski definition) is 3. The highest BCUT2D eigenvalue weighted by molar-refractivity contribution is 6.02. The van der Waals surface area contributed by atoms with Crippen molar-refractivity contribution < 1.29 is 27.9 Å². The van der Waals surface area contributed by atoms with Crippen molar-refractivity contribution in [2.45, 2.75) is 30.7 Å². The van der Waals surface area contributed by atoms with Crippen LogP contribution in [-0.2, 0) is 9.59 Å². The largest absolute Gasteiger partial charge is 0.411 e. The minimum absolute atomic E-state index is 0.115. The quantitative estimate of drug-likeness (QED) is 0.569. The summed E-state index contributed by atoms with van der Waals surface area (Å²) >= 11 is 0. The Morgan fingerprint density at radius 2 is 2.06 bits per heavy atom. The predicted octanol–water partition coefficient (Wildman–Crippen LogP) is -0.696. The average molecular weight is 252 g/mol. The molecule has 0 radical (unpaired) electrons. The standard InChI is InChI=1S/C9H11F3N2O3/c10-9(11,12)8(1-2-8)14-7(17)5-4(15)3-13-6(5)16/h4-5,15H,1-3H2,(H,13,16)(H,14,17). The fraction of sp³-hybridized carbons (Fsp3) is 0.778. The van der Waals surface area contributed by atoms with Crippen LogP contribution in [-0.4, -0.2) is 41.3 Å². The van der Waals surface area contributed by atoms with E-state index in [1.54, 1.807) is 0 Å². The number of carbonyl (C=O) groups excluding carboxylic acids is 2. The minimum Gasteiger partial charge on any atom is -0.390 e. The highest BCUT2D eigenvalue weighted by Crippen LogP contribution is 2.49. The zero-order chi connectivity index (χ0) is 12.8. The van der Waals surface area contributed by atoms with Gasteiger partial charge >= 0.3 is 6.18 Å². The summed E-state index contributed by atoms with van der Waals surface area (Å²) in [5.74, 6) is -3.26. The number of nitrogens with one attached hydrogen (secondary N) is 2. The summed E-state index contributed by atoms with van der Waals surface area (Å²) in [4.78, 5) is 22.7. The lowest BCUT2D eigenvalue weighted by atomic mass is 10.0. The van der Waals surface area contributed by atoms with Crippen molar-refractivity contribution in [1.29, 1.82) is 0 Å². The summed E-state index contributed by atoms with van der Waals surface area (Å²) in [6.45, 7) is -0.115. The van der Waals surface area contributed by atoms with E-state index in [1.807, 2.05) is 5.32 Å². The number of rotatable bonds is 2. The molecule has 0 bridgehead atoms. The lowest BCUT2D eigenvalue weighted by Crippen LogP contribution is -2.52. The molecule has 1 aliphatic heterocycles. The number of β-amino-alcohol motifs (C(OH)–C–C–N with tert-alkyl or cyclic N) is 1. The lowest BCUT2D eigenvalue weighted by molar-refractivity contribution is -0.172. The Hall–Kier alpha value is -1.31. The number of aliphatic hydroxyl groups excluding tert-OH is 1. The molecule has 2 aliphatic rings. The third kappa shape index (κ3) is 1.97. The molecule has 96 valence electrons. The zero-order valence-corrected chi connectivity index (χ0v) is 8.67. The maximum Gasteiger partial charge on any atom is 0.411 e. The van der Waals surface area contributed by atoms with Crippen LogP contribution in [0.2, 0.25) is 0 Å². The van der Waals surface area contributed by atoms with Crippen molar-refractivity contribution >= 4 is 11.8 Å². The molecule has 5 nitrogen and oxygen atoms in total. The summed E-state index contributed by atoms with van der Waals surface area (Å²) in [6, 6.07) is 0. The first kappa shape index (κ1) is 12.2. The van der Waals surface area contributed by atoms with Gasteiger partial charge in [-0.25, -0.2) is 0 Å². The van der Waals surface area contributed by atoms with E-state index < -0.39 is 35.6 Å². The van der Waals surface area contributed by atoms with E-state index in [1.165, 1.54) is 0 Å². The van der Waals surface area contributed by atoms with E-state index in [-0.39, 0.29) is 19.4 Å². The molecule has 8 heteroatoms. The highest BCUT2D eigenvalue weighted by atomic mass is 19.4. The van der Waals surface area contributed by atoms with Gasteiger partial charge in [0.1, 0.15) is 11.5 Å². The second-order valence-electron chi connectivity index (χ2n) is 4.36. The van der Waals surface area contributed by atoms with Crippen LogP contribution in [0, 0.1) is 5.92 Å². The van der Waals surface area contributed by atoms with Gasteiger partial charge in [-0.2, -0.15) is 13.2 Å².